The first kappa shape index (κ1) is 8.72. The molecule has 0 saturated carbocycles. The monoisotopic (exact) mass is 197 g/mol. The Morgan fingerprint density at radius 1 is 1.69 bits per heavy atom. The summed E-state index contributed by atoms with van der Waals surface area (Å²) in [6.07, 6.45) is 0. The zero-order valence-electron chi connectivity index (χ0n) is 7.41. The highest BCUT2D eigenvalue weighted by molar-refractivity contribution is 7.12. The fourth-order valence-corrected chi connectivity index (χ4v) is 2.56. The van der Waals surface area contributed by atoms with Gasteiger partial charge in [0.2, 0.25) is 0 Å². The molecule has 2 heterocycles. The zero-order valence-corrected chi connectivity index (χ0v) is 8.23. The van der Waals surface area contributed by atoms with Crippen molar-refractivity contribution in [2.24, 2.45) is 0 Å². The minimum Gasteiger partial charge on any atom is -0.477 e. The maximum atomic E-state index is 10.8. The van der Waals surface area contributed by atoms with Crippen LogP contribution in [-0.4, -0.2) is 22.5 Å². The van der Waals surface area contributed by atoms with Crippen LogP contribution in [0.4, 0.5) is 0 Å². The molecule has 4 heteroatoms. The van der Waals surface area contributed by atoms with Gasteiger partial charge in [-0.2, -0.15) is 0 Å². The van der Waals surface area contributed by atoms with Crippen molar-refractivity contribution in [2.75, 3.05) is 6.54 Å². The van der Waals surface area contributed by atoms with Gasteiger partial charge in [-0.05, 0) is 23.1 Å². The predicted octanol–water partition coefficient (Wildman–Crippen LogP) is 1.78. The Bertz CT molecular complexity index is 345. The second-order valence-corrected chi connectivity index (χ2v) is 4.06. The first-order chi connectivity index (χ1) is 6.22. The molecule has 1 aliphatic rings. The lowest BCUT2D eigenvalue weighted by Gasteiger charge is -2.10. The topological polar surface area (TPSA) is 40.5 Å². The third kappa shape index (κ3) is 1.36. The van der Waals surface area contributed by atoms with Crippen LogP contribution in [0.3, 0.4) is 0 Å². The molecule has 70 valence electrons. The van der Waals surface area contributed by atoms with E-state index in [-0.39, 0.29) is 0 Å². The van der Waals surface area contributed by atoms with E-state index in [1.807, 2.05) is 5.38 Å². The van der Waals surface area contributed by atoms with Gasteiger partial charge in [-0.15, -0.1) is 11.3 Å². The van der Waals surface area contributed by atoms with Crippen molar-refractivity contribution in [1.82, 2.24) is 4.90 Å². The largest absolute Gasteiger partial charge is 0.477 e. The molecule has 0 amide bonds. The van der Waals surface area contributed by atoms with Gasteiger partial charge in [-0.1, -0.05) is 6.92 Å². The van der Waals surface area contributed by atoms with Crippen LogP contribution >= 0.6 is 11.3 Å². The molecule has 0 bridgehead atoms. The molecule has 0 spiro atoms. The first-order valence-corrected chi connectivity index (χ1v) is 5.15. The molecule has 0 aromatic carbocycles. The number of carboxylic acid groups (broad SMARTS) is 1. The van der Waals surface area contributed by atoms with E-state index in [0.29, 0.717) is 4.88 Å². The lowest BCUT2D eigenvalue weighted by molar-refractivity contribution is 0.0700. The maximum absolute atomic E-state index is 10.8. The average molecular weight is 197 g/mol. The van der Waals surface area contributed by atoms with E-state index in [4.69, 9.17) is 5.11 Å². The molecule has 0 radical (unpaired) electrons. The highest BCUT2D eigenvalue weighted by atomic mass is 32.1. The average Bonchev–Trinajstić information content (AvgIpc) is 2.59. The van der Waals surface area contributed by atoms with Crippen LogP contribution in [-0.2, 0) is 13.1 Å². The number of thiophene rings is 1. The Hall–Kier alpha value is -0.870. The SMILES string of the molecule is CCN1Cc2csc(C(=O)O)c2C1. The molecule has 1 aromatic heterocycles. The molecule has 1 aliphatic heterocycles. The molecule has 3 nitrogen and oxygen atoms in total. The summed E-state index contributed by atoms with van der Waals surface area (Å²) in [7, 11) is 0. The predicted molar refractivity (Wildman–Crippen MR) is 51.1 cm³/mol. The number of rotatable bonds is 2. The minimum absolute atomic E-state index is 0.519. The van der Waals surface area contributed by atoms with E-state index in [2.05, 4.69) is 11.8 Å². The van der Waals surface area contributed by atoms with Crippen molar-refractivity contribution in [3.8, 4) is 0 Å². The zero-order chi connectivity index (χ0) is 9.42. The summed E-state index contributed by atoms with van der Waals surface area (Å²) >= 11 is 1.35. The first-order valence-electron chi connectivity index (χ1n) is 4.27. The summed E-state index contributed by atoms with van der Waals surface area (Å²) < 4.78 is 0. The highest BCUT2D eigenvalue weighted by Gasteiger charge is 2.24. The van der Waals surface area contributed by atoms with Gasteiger partial charge >= 0.3 is 5.97 Å². The summed E-state index contributed by atoms with van der Waals surface area (Å²) in [5.41, 5.74) is 2.23. The van der Waals surface area contributed by atoms with Gasteiger partial charge in [0.15, 0.2) is 0 Å². The number of aromatic carboxylic acids is 1. The normalized spacial score (nSPS) is 16.1. The second-order valence-electron chi connectivity index (χ2n) is 3.18. The lowest BCUT2D eigenvalue weighted by Crippen LogP contribution is -2.15. The number of fused-ring (bicyclic) bond motifs is 1. The van der Waals surface area contributed by atoms with Gasteiger partial charge in [0.25, 0.3) is 0 Å². The fourth-order valence-electron chi connectivity index (χ4n) is 1.65. The molecule has 0 fully saturated rings. The molecule has 1 aromatic rings. The molecule has 0 atom stereocenters. The van der Waals surface area contributed by atoms with Crippen molar-refractivity contribution < 1.29 is 9.90 Å². The van der Waals surface area contributed by atoms with Crippen LogP contribution in [0.1, 0.15) is 27.7 Å². The van der Waals surface area contributed by atoms with Crippen LogP contribution in [0.5, 0.6) is 0 Å². The molecule has 0 saturated heterocycles. The Labute approximate surface area is 80.6 Å². The van der Waals surface area contributed by atoms with Gasteiger partial charge in [-0.3, -0.25) is 4.90 Å². The fraction of sp³-hybridized carbons (Fsp3) is 0.444. The standard InChI is InChI=1S/C9H11NO2S/c1-2-10-3-6-5-13-8(9(11)12)7(6)4-10/h5H,2-4H2,1H3,(H,11,12). The Morgan fingerprint density at radius 3 is 3.08 bits per heavy atom. The molecular formula is C9H11NO2S. The number of hydrogen-bond acceptors (Lipinski definition) is 3. The smallest absolute Gasteiger partial charge is 0.346 e. The van der Waals surface area contributed by atoms with E-state index >= 15 is 0 Å². The Morgan fingerprint density at radius 2 is 2.46 bits per heavy atom. The van der Waals surface area contributed by atoms with Crippen molar-refractivity contribution in [3.63, 3.8) is 0 Å². The lowest BCUT2D eigenvalue weighted by atomic mass is 10.2. The Balaban J connectivity index is 2.32. The molecule has 13 heavy (non-hydrogen) atoms. The van der Waals surface area contributed by atoms with Gasteiger partial charge in [0.1, 0.15) is 4.88 Å². The summed E-state index contributed by atoms with van der Waals surface area (Å²) in [6.45, 7) is 4.79. The van der Waals surface area contributed by atoms with Crippen LogP contribution in [0.2, 0.25) is 0 Å². The maximum Gasteiger partial charge on any atom is 0.346 e. The number of carbonyl (C=O) groups is 1. The summed E-state index contributed by atoms with van der Waals surface area (Å²) in [6, 6.07) is 0. The number of hydrogen-bond donors (Lipinski definition) is 1. The van der Waals surface area contributed by atoms with Crippen molar-refractivity contribution >= 4 is 17.3 Å². The van der Waals surface area contributed by atoms with Gasteiger partial charge in [0, 0.05) is 13.1 Å². The Kier molecular flexibility index (Phi) is 2.09. The van der Waals surface area contributed by atoms with Gasteiger partial charge in [0.05, 0.1) is 0 Å². The van der Waals surface area contributed by atoms with E-state index in [1.54, 1.807) is 0 Å². The molecule has 0 aliphatic carbocycles. The van der Waals surface area contributed by atoms with Crippen LogP contribution < -0.4 is 0 Å². The quantitative estimate of drug-likeness (QED) is 0.785. The number of nitrogens with zero attached hydrogens (tertiary/aromatic N) is 1. The molecule has 2 rings (SSSR count). The van der Waals surface area contributed by atoms with E-state index in [9.17, 15) is 4.79 Å². The summed E-state index contributed by atoms with van der Waals surface area (Å²) in [4.78, 5) is 13.6. The third-order valence-electron chi connectivity index (χ3n) is 2.40. The van der Waals surface area contributed by atoms with Crippen molar-refractivity contribution in [1.29, 1.82) is 0 Å². The summed E-state index contributed by atoms with van der Waals surface area (Å²) in [5, 5.41) is 10.9. The van der Waals surface area contributed by atoms with E-state index in [1.165, 1.54) is 16.9 Å². The van der Waals surface area contributed by atoms with Gasteiger partial charge < -0.3 is 5.11 Å². The van der Waals surface area contributed by atoms with E-state index < -0.39 is 5.97 Å². The highest BCUT2D eigenvalue weighted by Crippen LogP contribution is 2.30. The van der Waals surface area contributed by atoms with Crippen molar-refractivity contribution in [3.05, 3.63) is 21.4 Å². The van der Waals surface area contributed by atoms with Crippen molar-refractivity contribution in [2.45, 2.75) is 20.0 Å². The molecule has 0 unspecified atom stereocenters. The minimum atomic E-state index is -0.788. The third-order valence-corrected chi connectivity index (χ3v) is 3.46. The number of carboxylic acids is 1. The van der Waals surface area contributed by atoms with Crippen LogP contribution in [0.25, 0.3) is 0 Å². The van der Waals surface area contributed by atoms with Crippen LogP contribution in [0.15, 0.2) is 5.38 Å². The second kappa shape index (κ2) is 3.12. The molecule has 1 N–H and O–H groups in total. The van der Waals surface area contributed by atoms with Crippen LogP contribution in [0, 0.1) is 0 Å². The van der Waals surface area contributed by atoms with E-state index in [0.717, 1.165) is 25.2 Å². The van der Waals surface area contributed by atoms with Gasteiger partial charge in [-0.25, -0.2) is 4.79 Å². The molecular weight excluding hydrogens is 186 g/mol. The summed E-state index contributed by atoms with van der Waals surface area (Å²) in [5.74, 6) is -0.788.